The number of carbonyl (C=O) groups excluding carboxylic acids is 1. The van der Waals surface area contributed by atoms with Crippen LogP contribution in [0.5, 0.6) is 0 Å². The van der Waals surface area contributed by atoms with Gasteiger partial charge in [0.15, 0.2) is 0 Å². The van der Waals surface area contributed by atoms with Crippen LogP contribution < -0.4 is 10.6 Å². The Morgan fingerprint density at radius 3 is 2.96 bits per heavy atom. The van der Waals surface area contributed by atoms with Gasteiger partial charge < -0.3 is 10.6 Å². The minimum absolute atomic E-state index is 0.0541. The summed E-state index contributed by atoms with van der Waals surface area (Å²) in [5.74, 6) is -0.0541. The third-order valence-electron chi connectivity index (χ3n) is 5.11. The lowest BCUT2D eigenvalue weighted by molar-refractivity contribution is 0.0926. The Bertz CT molecular complexity index is 919. The molecule has 2 N–H and O–H groups in total. The van der Waals surface area contributed by atoms with Crippen molar-refractivity contribution in [2.24, 2.45) is 0 Å². The first-order chi connectivity index (χ1) is 11.3. The molecule has 0 aliphatic carbocycles. The van der Waals surface area contributed by atoms with E-state index in [0.29, 0.717) is 17.8 Å². The second kappa shape index (κ2) is 5.01. The van der Waals surface area contributed by atoms with Gasteiger partial charge in [0.05, 0.1) is 4.70 Å². The molecule has 1 amide bonds. The van der Waals surface area contributed by atoms with Crippen LogP contribution in [0.1, 0.15) is 29.8 Å². The van der Waals surface area contributed by atoms with Crippen LogP contribution in [0.3, 0.4) is 0 Å². The van der Waals surface area contributed by atoms with E-state index in [9.17, 15) is 4.79 Å². The maximum atomic E-state index is 12.6. The molecular formula is C18H17N3OS. The molecule has 0 saturated carbocycles. The number of nitrogens with zero attached hydrogens (tertiary/aromatic N) is 1. The Labute approximate surface area is 137 Å². The summed E-state index contributed by atoms with van der Waals surface area (Å²) in [6, 6.07) is 11.5. The van der Waals surface area contributed by atoms with Crippen molar-refractivity contribution in [3.8, 4) is 0 Å². The first-order valence-electron chi connectivity index (χ1n) is 8.12. The molecule has 2 saturated heterocycles. The molecule has 1 aromatic carbocycles. The number of hydrogen-bond acceptors (Lipinski definition) is 4. The molecule has 5 rings (SSSR count). The minimum Gasteiger partial charge on any atom is -0.346 e. The summed E-state index contributed by atoms with van der Waals surface area (Å²) in [5, 5.41) is 9.04. The van der Waals surface area contributed by atoms with Gasteiger partial charge in [0.1, 0.15) is 5.69 Å². The highest BCUT2D eigenvalue weighted by atomic mass is 32.1. The predicted molar refractivity (Wildman–Crippen MR) is 92.9 cm³/mol. The van der Waals surface area contributed by atoms with Gasteiger partial charge in [0.2, 0.25) is 0 Å². The first-order valence-corrected chi connectivity index (χ1v) is 8.94. The third-order valence-corrected chi connectivity index (χ3v) is 6.23. The van der Waals surface area contributed by atoms with E-state index in [1.165, 1.54) is 16.5 Å². The van der Waals surface area contributed by atoms with Crippen molar-refractivity contribution in [2.45, 2.75) is 37.4 Å². The van der Waals surface area contributed by atoms with E-state index in [-0.39, 0.29) is 11.9 Å². The topological polar surface area (TPSA) is 54.0 Å². The Balaban J connectivity index is 1.47. The Kier molecular flexibility index (Phi) is 2.93. The number of hydrogen-bond donors (Lipinski definition) is 2. The van der Waals surface area contributed by atoms with Gasteiger partial charge in [-0.2, -0.15) is 0 Å². The van der Waals surface area contributed by atoms with E-state index >= 15 is 0 Å². The molecule has 2 fully saturated rings. The fourth-order valence-corrected chi connectivity index (χ4v) is 5.04. The maximum absolute atomic E-state index is 12.6. The number of aromatic nitrogens is 1. The summed E-state index contributed by atoms with van der Waals surface area (Å²) in [5.41, 5.74) is 0.517. The standard InChI is InChI=1S/C18H17N3OS/c22-18(21-14-7-10-5-6-13(14)20-10)15-8-12-11-3-1-2-4-16(11)23-17(12)9-19-15/h1-4,8-10,13-14,20H,5-7H2,(H,21,22)/t10-,13+,14-/m1/s1. The van der Waals surface area contributed by atoms with Crippen LogP contribution in [0.25, 0.3) is 20.2 Å². The van der Waals surface area contributed by atoms with Crippen molar-refractivity contribution in [2.75, 3.05) is 0 Å². The van der Waals surface area contributed by atoms with Crippen molar-refractivity contribution in [3.63, 3.8) is 0 Å². The van der Waals surface area contributed by atoms with Crippen LogP contribution in [0.2, 0.25) is 0 Å². The number of thiophene rings is 1. The Morgan fingerprint density at radius 1 is 1.22 bits per heavy atom. The smallest absolute Gasteiger partial charge is 0.270 e. The quantitative estimate of drug-likeness (QED) is 0.762. The minimum atomic E-state index is -0.0541. The molecule has 3 aromatic rings. The lowest BCUT2D eigenvalue weighted by Gasteiger charge is -2.21. The van der Waals surface area contributed by atoms with Crippen LogP contribution >= 0.6 is 11.3 Å². The zero-order chi connectivity index (χ0) is 15.4. The third kappa shape index (κ3) is 2.15. The van der Waals surface area contributed by atoms with Crippen molar-refractivity contribution >= 4 is 37.4 Å². The molecule has 0 radical (unpaired) electrons. The summed E-state index contributed by atoms with van der Waals surface area (Å²) >= 11 is 1.72. The molecule has 0 spiro atoms. The van der Waals surface area contributed by atoms with E-state index < -0.39 is 0 Å². The highest BCUT2D eigenvalue weighted by Gasteiger charge is 2.39. The molecule has 4 heterocycles. The van der Waals surface area contributed by atoms with Crippen molar-refractivity contribution < 1.29 is 4.79 Å². The molecule has 4 nitrogen and oxygen atoms in total. The zero-order valence-corrected chi connectivity index (χ0v) is 13.4. The van der Waals surface area contributed by atoms with Crippen molar-refractivity contribution in [3.05, 3.63) is 42.2 Å². The summed E-state index contributed by atoms with van der Waals surface area (Å²) in [6.45, 7) is 0. The first kappa shape index (κ1) is 13.5. The van der Waals surface area contributed by atoms with Crippen LogP contribution in [-0.2, 0) is 0 Å². The lowest BCUT2D eigenvalue weighted by Crippen LogP contribution is -2.43. The van der Waals surface area contributed by atoms with Gasteiger partial charge in [0.25, 0.3) is 5.91 Å². The second-order valence-electron chi connectivity index (χ2n) is 6.53. The van der Waals surface area contributed by atoms with Crippen LogP contribution in [0.4, 0.5) is 0 Å². The predicted octanol–water partition coefficient (Wildman–Crippen LogP) is 3.07. The summed E-state index contributed by atoms with van der Waals surface area (Å²) in [4.78, 5) is 17.0. The molecule has 3 atom stereocenters. The second-order valence-corrected chi connectivity index (χ2v) is 7.61. The number of benzene rings is 1. The van der Waals surface area contributed by atoms with Gasteiger partial charge in [-0.15, -0.1) is 11.3 Å². The van der Waals surface area contributed by atoms with E-state index in [1.807, 2.05) is 24.4 Å². The Hall–Kier alpha value is -1.98. The Morgan fingerprint density at radius 2 is 2.13 bits per heavy atom. The van der Waals surface area contributed by atoms with Crippen LogP contribution in [0, 0.1) is 0 Å². The van der Waals surface area contributed by atoms with Crippen LogP contribution in [-0.4, -0.2) is 29.0 Å². The average molecular weight is 323 g/mol. The van der Waals surface area contributed by atoms with E-state index in [2.05, 4.69) is 27.8 Å². The van der Waals surface area contributed by atoms with Gasteiger partial charge in [-0.1, -0.05) is 18.2 Å². The molecule has 2 aliphatic heterocycles. The molecular weight excluding hydrogens is 306 g/mol. The van der Waals surface area contributed by atoms with E-state index in [4.69, 9.17) is 0 Å². The molecule has 2 aromatic heterocycles. The highest BCUT2D eigenvalue weighted by molar-refractivity contribution is 7.25. The fourth-order valence-electron chi connectivity index (χ4n) is 3.98. The number of carbonyl (C=O) groups is 1. The number of fused-ring (bicyclic) bond motifs is 5. The van der Waals surface area contributed by atoms with Gasteiger partial charge in [0, 0.05) is 39.8 Å². The van der Waals surface area contributed by atoms with Crippen LogP contribution in [0.15, 0.2) is 36.5 Å². The zero-order valence-electron chi connectivity index (χ0n) is 12.6. The lowest BCUT2D eigenvalue weighted by atomic mass is 9.95. The summed E-state index contributed by atoms with van der Waals surface area (Å²) in [6.07, 6.45) is 5.27. The van der Waals surface area contributed by atoms with Crippen molar-refractivity contribution in [1.82, 2.24) is 15.6 Å². The SMILES string of the molecule is O=C(N[C@@H]1C[C@H]2CC[C@@H]1N2)c1cc2c(cn1)sc1ccccc12. The summed E-state index contributed by atoms with van der Waals surface area (Å²) < 4.78 is 2.36. The maximum Gasteiger partial charge on any atom is 0.270 e. The molecule has 2 bridgehead atoms. The van der Waals surface area contributed by atoms with Gasteiger partial charge in [-0.25, -0.2) is 4.98 Å². The molecule has 2 aliphatic rings. The van der Waals surface area contributed by atoms with E-state index in [1.54, 1.807) is 11.3 Å². The number of amides is 1. The molecule has 0 unspecified atom stereocenters. The van der Waals surface area contributed by atoms with Gasteiger partial charge in [-0.05, 0) is 31.4 Å². The molecule has 5 heteroatoms. The normalized spacial score (nSPS) is 26.2. The number of pyridine rings is 1. The van der Waals surface area contributed by atoms with Crippen molar-refractivity contribution in [1.29, 1.82) is 0 Å². The molecule has 23 heavy (non-hydrogen) atoms. The largest absolute Gasteiger partial charge is 0.346 e. The fraction of sp³-hybridized carbons (Fsp3) is 0.333. The number of nitrogens with one attached hydrogen (secondary N) is 2. The van der Waals surface area contributed by atoms with Gasteiger partial charge in [-0.3, -0.25) is 4.79 Å². The highest BCUT2D eigenvalue weighted by Crippen LogP contribution is 2.33. The van der Waals surface area contributed by atoms with Gasteiger partial charge >= 0.3 is 0 Å². The molecule has 116 valence electrons. The average Bonchev–Trinajstić information content (AvgIpc) is 3.27. The number of rotatable bonds is 2. The monoisotopic (exact) mass is 323 g/mol. The van der Waals surface area contributed by atoms with E-state index in [0.717, 1.165) is 22.9 Å². The summed E-state index contributed by atoms with van der Waals surface area (Å²) in [7, 11) is 0.